The average Bonchev–Trinajstić information content (AvgIpc) is 2.54. The number of alkyl halides is 3. The number of hydrogen-bond donors (Lipinski definition) is 2. The number of anilines is 1. The van der Waals surface area contributed by atoms with Crippen LogP contribution in [0.2, 0.25) is 5.02 Å². The van der Waals surface area contributed by atoms with E-state index in [0.29, 0.717) is 6.07 Å². The summed E-state index contributed by atoms with van der Waals surface area (Å²) in [6.45, 7) is 0. The SMILES string of the molecule is CONC(=O)c1cc(S(=O)(=O)Nc2cccc(C(F)(F)F)c2)ccc1Cl. The third-order valence-electron chi connectivity index (χ3n) is 3.13. The summed E-state index contributed by atoms with van der Waals surface area (Å²) in [5.41, 5.74) is 0.526. The largest absolute Gasteiger partial charge is 0.416 e. The van der Waals surface area contributed by atoms with E-state index in [1.54, 1.807) is 0 Å². The Morgan fingerprint density at radius 3 is 2.46 bits per heavy atom. The molecule has 1 amide bonds. The molecule has 0 heterocycles. The van der Waals surface area contributed by atoms with E-state index in [4.69, 9.17) is 11.6 Å². The number of hydrogen-bond acceptors (Lipinski definition) is 4. The van der Waals surface area contributed by atoms with Crippen LogP contribution >= 0.6 is 11.6 Å². The molecule has 0 saturated carbocycles. The van der Waals surface area contributed by atoms with Crippen molar-refractivity contribution >= 4 is 33.2 Å². The molecule has 0 aromatic heterocycles. The fourth-order valence-electron chi connectivity index (χ4n) is 1.97. The van der Waals surface area contributed by atoms with Gasteiger partial charge >= 0.3 is 6.18 Å². The molecule has 2 N–H and O–H groups in total. The van der Waals surface area contributed by atoms with E-state index in [9.17, 15) is 26.4 Å². The van der Waals surface area contributed by atoms with Crippen LogP contribution in [0, 0.1) is 0 Å². The molecule has 2 aromatic carbocycles. The minimum absolute atomic E-state index is 0.0300. The van der Waals surface area contributed by atoms with Gasteiger partial charge in [0.2, 0.25) is 0 Å². The number of carbonyl (C=O) groups is 1. The molecule has 0 bridgehead atoms. The summed E-state index contributed by atoms with van der Waals surface area (Å²) in [6.07, 6.45) is -4.62. The predicted molar refractivity (Wildman–Crippen MR) is 88.2 cm³/mol. The maximum Gasteiger partial charge on any atom is 0.416 e. The third kappa shape index (κ3) is 4.65. The van der Waals surface area contributed by atoms with Crippen molar-refractivity contribution in [2.75, 3.05) is 11.8 Å². The zero-order valence-electron chi connectivity index (χ0n) is 13.1. The molecule has 0 fully saturated rings. The highest BCUT2D eigenvalue weighted by Gasteiger charge is 2.30. The van der Waals surface area contributed by atoms with Crippen LogP contribution in [-0.4, -0.2) is 21.4 Å². The first-order valence-corrected chi connectivity index (χ1v) is 8.73. The van der Waals surface area contributed by atoms with E-state index >= 15 is 0 Å². The minimum atomic E-state index is -4.62. The first-order valence-electron chi connectivity index (χ1n) is 6.87. The van der Waals surface area contributed by atoms with E-state index in [-0.39, 0.29) is 21.2 Å². The highest BCUT2D eigenvalue weighted by Crippen LogP contribution is 2.31. The standard InChI is InChI=1S/C15H12ClF3N2O4S/c1-25-20-14(22)12-8-11(5-6-13(12)16)26(23,24)21-10-4-2-3-9(7-10)15(17,18)19/h2-8,21H,1H3,(H,20,22). The molecule has 0 saturated heterocycles. The Balaban J connectivity index is 2.37. The van der Waals surface area contributed by atoms with Crippen molar-refractivity contribution in [2.45, 2.75) is 11.1 Å². The number of rotatable bonds is 5. The number of sulfonamides is 1. The first-order chi connectivity index (χ1) is 12.0. The van der Waals surface area contributed by atoms with Crippen molar-refractivity contribution in [3.8, 4) is 0 Å². The Kier molecular flexibility index (Phi) is 5.79. The number of hydroxylamine groups is 1. The number of amides is 1. The molecule has 0 unspecified atom stereocenters. The van der Waals surface area contributed by atoms with Gasteiger partial charge in [0.05, 0.1) is 28.2 Å². The molecular formula is C15H12ClF3N2O4S. The molecule has 0 spiro atoms. The van der Waals surface area contributed by atoms with Crippen LogP contribution in [0.1, 0.15) is 15.9 Å². The van der Waals surface area contributed by atoms with E-state index in [1.165, 1.54) is 19.2 Å². The Bertz CT molecular complexity index is 933. The van der Waals surface area contributed by atoms with Gasteiger partial charge in [0.1, 0.15) is 0 Å². The molecule has 0 atom stereocenters. The van der Waals surface area contributed by atoms with E-state index in [1.807, 2.05) is 10.2 Å². The monoisotopic (exact) mass is 408 g/mol. The van der Waals surface area contributed by atoms with Gasteiger partial charge in [-0.3, -0.25) is 14.4 Å². The smallest absolute Gasteiger partial charge is 0.280 e. The second-order valence-electron chi connectivity index (χ2n) is 4.96. The van der Waals surface area contributed by atoms with Crippen LogP contribution in [0.4, 0.5) is 18.9 Å². The third-order valence-corrected chi connectivity index (χ3v) is 4.84. The lowest BCUT2D eigenvalue weighted by atomic mass is 10.2. The highest BCUT2D eigenvalue weighted by molar-refractivity contribution is 7.92. The zero-order chi connectivity index (χ0) is 19.5. The molecule has 2 rings (SSSR count). The number of benzene rings is 2. The summed E-state index contributed by atoms with van der Waals surface area (Å²) in [5, 5.41) is -0.0300. The molecule has 0 radical (unpaired) electrons. The minimum Gasteiger partial charge on any atom is -0.280 e. The summed E-state index contributed by atoms with van der Waals surface area (Å²) >= 11 is 5.85. The maximum atomic E-state index is 12.7. The Hall–Kier alpha value is -2.30. The molecule has 6 nitrogen and oxygen atoms in total. The van der Waals surface area contributed by atoms with Crippen LogP contribution in [0.25, 0.3) is 0 Å². The van der Waals surface area contributed by atoms with Gasteiger partial charge in [-0.15, -0.1) is 0 Å². The molecule has 0 aliphatic heterocycles. The second-order valence-corrected chi connectivity index (χ2v) is 7.05. The van der Waals surface area contributed by atoms with Crippen molar-refractivity contribution in [3.63, 3.8) is 0 Å². The summed E-state index contributed by atoms with van der Waals surface area (Å²) in [4.78, 5) is 15.9. The molecule has 140 valence electrons. The lowest BCUT2D eigenvalue weighted by Gasteiger charge is -2.12. The van der Waals surface area contributed by atoms with Crippen LogP contribution in [0.5, 0.6) is 0 Å². The van der Waals surface area contributed by atoms with Gasteiger partial charge in [0, 0.05) is 5.69 Å². The predicted octanol–water partition coefficient (Wildman–Crippen LogP) is 3.45. The normalized spacial score (nSPS) is 11.9. The van der Waals surface area contributed by atoms with Crippen molar-refractivity contribution < 1.29 is 31.2 Å². The van der Waals surface area contributed by atoms with Crippen LogP contribution in [0.3, 0.4) is 0 Å². The van der Waals surface area contributed by atoms with Crippen LogP contribution in [-0.2, 0) is 21.0 Å². The zero-order valence-corrected chi connectivity index (χ0v) is 14.7. The van der Waals surface area contributed by atoms with Gasteiger partial charge < -0.3 is 0 Å². The van der Waals surface area contributed by atoms with Gasteiger partial charge in [-0.2, -0.15) is 13.2 Å². The lowest BCUT2D eigenvalue weighted by Crippen LogP contribution is -2.23. The highest BCUT2D eigenvalue weighted by atomic mass is 35.5. The summed E-state index contributed by atoms with van der Waals surface area (Å²) in [6, 6.07) is 6.97. The Morgan fingerprint density at radius 2 is 1.85 bits per heavy atom. The molecule has 26 heavy (non-hydrogen) atoms. The van der Waals surface area contributed by atoms with Crippen molar-refractivity contribution in [2.24, 2.45) is 0 Å². The lowest BCUT2D eigenvalue weighted by molar-refractivity contribution is -0.137. The summed E-state index contributed by atoms with van der Waals surface area (Å²) in [7, 11) is -3.08. The molecule has 11 heteroatoms. The number of halogens is 4. The number of nitrogens with one attached hydrogen (secondary N) is 2. The van der Waals surface area contributed by atoms with Crippen LogP contribution in [0.15, 0.2) is 47.4 Å². The van der Waals surface area contributed by atoms with Gasteiger partial charge in [-0.1, -0.05) is 17.7 Å². The van der Waals surface area contributed by atoms with E-state index in [2.05, 4.69) is 4.84 Å². The molecule has 0 aliphatic carbocycles. The molecule has 0 aliphatic rings. The second kappa shape index (κ2) is 7.52. The Morgan fingerprint density at radius 1 is 1.15 bits per heavy atom. The topological polar surface area (TPSA) is 84.5 Å². The summed E-state index contributed by atoms with van der Waals surface area (Å²) < 4.78 is 65.1. The Labute approximate surface area is 151 Å². The van der Waals surface area contributed by atoms with Crippen molar-refractivity contribution in [1.29, 1.82) is 0 Å². The summed E-state index contributed by atoms with van der Waals surface area (Å²) in [5.74, 6) is -0.784. The average molecular weight is 409 g/mol. The quantitative estimate of drug-likeness (QED) is 0.742. The van der Waals surface area contributed by atoms with Gasteiger partial charge in [-0.25, -0.2) is 13.9 Å². The van der Waals surface area contributed by atoms with E-state index in [0.717, 1.165) is 24.3 Å². The first kappa shape index (κ1) is 20.0. The van der Waals surface area contributed by atoms with Gasteiger partial charge in [0.15, 0.2) is 0 Å². The van der Waals surface area contributed by atoms with Crippen molar-refractivity contribution in [1.82, 2.24) is 5.48 Å². The fraction of sp³-hybridized carbons (Fsp3) is 0.133. The maximum absolute atomic E-state index is 12.7. The fourth-order valence-corrected chi connectivity index (χ4v) is 3.24. The number of carbonyl (C=O) groups excluding carboxylic acids is 1. The van der Waals surface area contributed by atoms with Crippen LogP contribution < -0.4 is 10.2 Å². The van der Waals surface area contributed by atoms with Gasteiger partial charge in [-0.05, 0) is 36.4 Å². The molecule has 2 aromatic rings. The molecular weight excluding hydrogens is 397 g/mol. The van der Waals surface area contributed by atoms with E-state index < -0.39 is 27.7 Å². The van der Waals surface area contributed by atoms with Crippen molar-refractivity contribution in [3.05, 3.63) is 58.6 Å². The van der Waals surface area contributed by atoms with Gasteiger partial charge in [0.25, 0.3) is 15.9 Å².